The molecule has 1 N–H and O–H groups in total. The molecular formula is C25H21ClF10N2O2. The van der Waals surface area contributed by atoms with Crippen molar-refractivity contribution in [1.29, 1.82) is 0 Å². The van der Waals surface area contributed by atoms with Crippen molar-refractivity contribution in [1.82, 2.24) is 10.2 Å². The number of rotatable bonds is 7. The van der Waals surface area contributed by atoms with Gasteiger partial charge >= 0.3 is 18.5 Å². The molecule has 0 radical (unpaired) electrons. The second kappa shape index (κ2) is 12.1. The summed E-state index contributed by atoms with van der Waals surface area (Å²) in [6.45, 7) is 0.0804. The Morgan fingerprint density at radius 3 is 2.00 bits per heavy atom. The van der Waals surface area contributed by atoms with Crippen molar-refractivity contribution < 1.29 is 53.5 Å². The van der Waals surface area contributed by atoms with Gasteiger partial charge in [-0.05, 0) is 48.7 Å². The molecule has 0 aliphatic carbocycles. The number of carbonyl (C=O) groups excluding carboxylic acids is 2. The van der Waals surface area contributed by atoms with Gasteiger partial charge in [-0.25, -0.2) is 4.39 Å². The lowest BCUT2D eigenvalue weighted by molar-refractivity contribution is -0.157. The molecule has 1 atom stereocenters. The van der Waals surface area contributed by atoms with Crippen molar-refractivity contribution >= 4 is 29.2 Å². The maximum Gasteiger partial charge on any atom is 0.417 e. The molecule has 0 aliphatic heterocycles. The zero-order valence-corrected chi connectivity index (χ0v) is 21.6. The van der Waals surface area contributed by atoms with Gasteiger partial charge in [0, 0.05) is 17.6 Å². The Morgan fingerprint density at radius 2 is 1.52 bits per heavy atom. The first-order chi connectivity index (χ1) is 18.1. The number of halogens is 11. The molecule has 2 rings (SSSR count). The van der Waals surface area contributed by atoms with Crippen molar-refractivity contribution in [2.24, 2.45) is 0 Å². The molecule has 15 heteroatoms. The van der Waals surface area contributed by atoms with Crippen LogP contribution in [0.15, 0.2) is 36.4 Å². The third-order valence-corrected chi connectivity index (χ3v) is 6.17. The number of alkyl halides is 9. The highest BCUT2D eigenvalue weighted by Crippen LogP contribution is 2.41. The van der Waals surface area contributed by atoms with Crippen LogP contribution in [0.1, 0.15) is 44.1 Å². The van der Waals surface area contributed by atoms with E-state index in [2.05, 4.69) is 0 Å². The van der Waals surface area contributed by atoms with E-state index in [1.807, 2.05) is 0 Å². The SMILES string of the molecule is Cc1cc(C(/C=C(\F)c2ccc(C(=O)NCC(=O)N(C)CC(F)(F)F)c(C(F)(F)F)c2)C(F)(F)F)cc(C)c1Cl. The number of allylic oxidation sites excluding steroid dienone is 1. The Labute approximate surface area is 226 Å². The van der Waals surface area contributed by atoms with Crippen molar-refractivity contribution in [3.05, 3.63) is 74.8 Å². The maximum absolute atomic E-state index is 15.0. The Kier molecular flexibility index (Phi) is 9.93. The van der Waals surface area contributed by atoms with Crippen LogP contribution in [0.3, 0.4) is 0 Å². The Bertz CT molecular complexity index is 1280. The summed E-state index contributed by atoms with van der Waals surface area (Å²) in [5.74, 6) is -7.03. The van der Waals surface area contributed by atoms with E-state index in [1.54, 1.807) is 5.32 Å². The number of nitrogens with zero attached hydrogens (tertiary/aromatic N) is 1. The summed E-state index contributed by atoms with van der Waals surface area (Å²) in [6, 6.07) is 3.35. The van der Waals surface area contributed by atoms with Crippen molar-refractivity contribution in [2.45, 2.75) is 38.3 Å². The molecule has 0 spiro atoms. The fourth-order valence-corrected chi connectivity index (χ4v) is 3.76. The molecule has 220 valence electrons. The zero-order valence-electron chi connectivity index (χ0n) is 20.9. The quantitative estimate of drug-likeness (QED) is 0.334. The summed E-state index contributed by atoms with van der Waals surface area (Å²) < 4.78 is 135. The number of benzene rings is 2. The molecule has 0 saturated carbocycles. The van der Waals surface area contributed by atoms with E-state index in [0.717, 1.165) is 19.2 Å². The second-order valence-electron chi connectivity index (χ2n) is 8.81. The fourth-order valence-electron chi connectivity index (χ4n) is 3.65. The van der Waals surface area contributed by atoms with Crippen LogP contribution in [-0.4, -0.2) is 49.2 Å². The Hall–Kier alpha value is -3.29. The molecule has 0 aliphatic rings. The molecule has 0 aromatic heterocycles. The number of hydrogen-bond donors (Lipinski definition) is 1. The van der Waals surface area contributed by atoms with E-state index < -0.39 is 77.4 Å². The monoisotopic (exact) mass is 606 g/mol. The minimum absolute atomic E-state index is 0.0898. The Balaban J connectivity index is 2.42. The zero-order chi connectivity index (χ0) is 30.8. The highest BCUT2D eigenvalue weighted by molar-refractivity contribution is 6.32. The number of nitrogens with one attached hydrogen (secondary N) is 1. The van der Waals surface area contributed by atoms with Crippen LogP contribution in [0.25, 0.3) is 5.83 Å². The summed E-state index contributed by atoms with van der Waals surface area (Å²) in [7, 11) is 0.758. The van der Waals surface area contributed by atoms with Crippen LogP contribution in [0.4, 0.5) is 43.9 Å². The number of carbonyl (C=O) groups is 2. The van der Waals surface area contributed by atoms with Crippen LogP contribution in [-0.2, 0) is 11.0 Å². The van der Waals surface area contributed by atoms with Gasteiger partial charge in [0.1, 0.15) is 18.3 Å². The molecule has 2 aromatic carbocycles. The molecule has 1 unspecified atom stereocenters. The summed E-state index contributed by atoms with van der Waals surface area (Å²) in [5.41, 5.74) is -3.69. The Morgan fingerprint density at radius 1 is 0.975 bits per heavy atom. The van der Waals surface area contributed by atoms with Crippen LogP contribution in [0, 0.1) is 13.8 Å². The summed E-state index contributed by atoms with van der Waals surface area (Å²) in [6.07, 6.45) is -15.0. The predicted octanol–water partition coefficient (Wildman–Crippen LogP) is 7.38. The van der Waals surface area contributed by atoms with Gasteiger partial charge in [0.05, 0.1) is 17.7 Å². The van der Waals surface area contributed by atoms with E-state index in [-0.39, 0.29) is 33.2 Å². The van der Waals surface area contributed by atoms with E-state index in [9.17, 15) is 53.5 Å². The molecule has 4 nitrogen and oxygen atoms in total. The number of likely N-dealkylation sites (N-methyl/N-ethyl adjacent to an activating group) is 1. The van der Waals surface area contributed by atoms with Crippen LogP contribution in [0.2, 0.25) is 5.02 Å². The lowest BCUT2D eigenvalue weighted by Crippen LogP contribution is -2.42. The summed E-state index contributed by atoms with van der Waals surface area (Å²) in [5, 5.41) is 1.94. The fraction of sp³-hybridized carbons (Fsp3) is 0.360. The van der Waals surface area contributed by atoms with Gasteiger partial charge in [0.25, 0.3) is 5.91 Å². The van der Waals surface area contributed by atoms with Gasteiger partial charge in [-0.3, -0.25) is 9.59 Å². The largest absolute Gasteiger partial charge is 0.417 e. The summed E-state index contributed by atoms with van der Waals surface area (Å²) >= 11 is 5.98. The predicted molar refractivity (Wildman–Crippen MR) is 126 cm³/mol. The minimum Gasteiger partial charge on any atom is -0.343 e. The first-order valence-electron chi connectivity index (χ1n) is 11.1. The van der Waals surface area contributed by atoms with E-state index in [0.29, 0.717) is 12.1 Å². The molecule has 0 bridgehead atoms. The highest BCUT2D eigenvalue weighted by atomic mass is 35.5. The highest BCUT2D eigenvalue weighted by Gasteiger charge is 2.41. The average Bonchev–Trinajstić information content (AvgIpc) is 2.80. The molecule has 2 aromatic rings. The number of hydrogen-bond acceptors (Lipinski definition) is 2. The summed E-state index contributed by atoms with van der Waals surface area (Å²) in [4.78, 5) is 24.3. The standard InChI is InChI=1S/C25H21ClF10N2O2/c1-12-6-15(7-13(2)21(12)26)17(24(31,32)33)9-19(27)14-4-5-16(18(8-14)25(34,35)36)22(40)37-10-20(39)38(3)11-23(28,29)30/h4-9,17H,10-11H2,1-3H3,(H,37,40)/b19-9-. The third-order valence-electron chi connectivity index (χ3n) is 5.57. The third kappa shape index (κ3) is 8.60. The van der Waals surface area contributed by atoms with Gasteiger partial charge in [0.2, 0.25) is 5.91 Å². The molecule has 2 amide bonds. The smallest absolute Gasteiger partial charge is 0.343 e. The van der Waals surface area contributed by atoms with Crippen LogP contribution < -0.4 is 5.32 Å². The molecule has 0 saturated heterocycles. The average molecular weight is 607 g/mol. The second-order valence-corrected chi connectivity index (χ2v) is 9.19. The van der Waals surface area contributed by atoms with Crippen molar-refractivity contribution in [3.63, 3.8) is 0 Å². The van der Waals surface area contributed by atoms with Crippen LogP contribution >= 0.6 is 11.6 Å². The van der Waals surface area contributed by atoms with Gasteiger partial charge in [-0.1, -0.05) is 29.8 Å². The first kappa shape index (κ1) is 32.9. The number of aryl methyl sites for hydroxylation is 2. The van der Waals surface area contributed by atoms with E-state index in [1.165, 1.54) is 13.8 Å². The molecule has 0 heterocycles. The van der Waals surface area contributed by atoms with Gasteiger partial charge in [0.15, 0.2) is 0 Å². The van der Waals surface area contributed by atoms with E-state index >= 15 is 0 Å². The normalized spacial score (nSPS) is 13.7. The van der Waals surface area contributed by atoms with Crippen molar-refractivity contribution in [2.75, 3.05) is 20.1 Å². The van der Waals surface area contributed by atoms with Gasteiger partial charge in [-0.15, -0.1) is 0 Å². The molecule has 40 heavy (non-hydrogen) atoms. The van der Waals surface area contributed by atoms with Gasteiger partial charge < -0.3 is 10.2 Å². The molecular weight excluding hydrogens is 586 g/mol. The van der Waals surface area contributed by atoms with Crippen LogP contribution in [0.5, 0.6) is 0 Å². The lowest BCUT2D eigenvalue weighted by Gasteiger charge is -2.20. The number of amides is 2. The topological polar surface area (TPSA) is 49.4 Å². The first-order valence-corrected chi connectivity index (χ1v) is 11.5. The lowest BCUT2D eigenvalue weighted by atomic mass is 9.93. The molecule has 0 fully saturated rings. The minimum atomic E-state index is -5.30. The van der Waals surface area contributed by atoms with Gasteiger partial charge in [-0.2, -0.15) is 39.5 Å². The van der Waals surface area contributed by atoms with Crippen molar-refractivity contribution in [3.8, 4) is 0 Å². The maximum atomic E-state index is 15.0. The van der Waals surface area contributed by atoms with E-state index in [4.69, 9.17) is 11.6 Å².